The minimum absolute atomic E-state index is 0.0267. The molecule has 0 aromatic carbocycles. The molecule has 0 saturated carbocycles. The van der Waals surface area contributed by atoms with Crippen molar-refractivity contribution in [2.24, 2.45) is 4.99 Å². The first kappa shape index (κ1) is 39.3. The molecule has 2 rings (SSSR count). The van der Waals surface area contributed by atoms with E-state index in [1.165, 1.54) is 77.0 Å². The molecule has 0 aromatic rings. The first-order valence-corrected chi connectivity index (χ1v) is 19.8. The molecule has 0 spiro atoms. The molecule has 5 amide bonds. The number of urea groups is 2. The van der Waals surface area contributed by atoms with Gasteiger partial charge in [-0.15, -0.1) is 4.67 Å². The molecule has 3 unspecified atom stereocenters. The van der Waals surface area contributed by atoms with Gasteiger partial charge in [-0.2, -0.15) is 4.99 Å². The van der Waals surface area contributed by atoms with Crippen molar-refractivity contribution >= 4 is 42.5 Å². The zero-order valence-electron chi connectivity index (χ0n) is 27.9. The summed E-state index contributed by atoms with van der Waals surface area (Å²) in [5.74, 6) is -1.12. The number of rotatable bonds is 27. The lowest BCUT2D eigenvalue weighted by Crippen LogP contribution is -2.73. The average Bonchev–Trinajstić information content (AvgIpc) is 3.32. The van der Waals surface area contributed by atoms with Crippen molar-refractivity contribution in [3.63, 3.8) is 0 Å². The largest absolute Gasteiger partial charge is 0.438 e. The summed E-state index contributed by atoms with van der Waals surface area (Å²) in [6.07, 6.45) is 22.0. The molecule has 1 fully saturated rings. The van der Waals surface area contributed by atoms with Crippen LogP contribution in [0.25, 0.3) is 0 Å². The van der Waals surface area contributed by atoms with Crippen LogP contribution in [0, 0.1) is 0 Å². The van der Waals surface area contributed by atoms with Crippen LogP contribution in [0.1, 0.15) is 156 Å². The Bertz CT molecular complexity index is 1060. The predicted molar refractivity (Wildman–Crippen MR) is 178 cm³/mol. The summed E-state index contributed by atoms with van der Waals surface area (Å²) in [4.78, 5) is 42.8. The number of nitrogens with zero attached hydrogens (tertiary/aromatic N) is 3. The molecule has 2 aliphatic rings. The van der Waals surface area contributed by atoms with Gasteiger partial charge < -0.3 is 10.1 Å². The number of hydrogen-bond acceptors (Lipinski definition) is 7. The number of ether oxygens (including phenoxy) is 1. The second-order valence-corrected chi connectivity index (χ2v) is 14.7. The van der Waals surface area contributed by atoms with Crippen LogP contribution in [0.4, 0.5) is 9.59 Å². The van der Waals surface area contributed by atoms with E-state index in [-0.39, 0.29) is 16.8 Å². The number of unbranched alkanes of at least 4 members (excludes halogenated alkanes) is 18. The Morgan fingerprint density at radius 2 is 1.24 bits per heavy atom. The van der Waals surface area contributed by atoms with Crippen LogP contribution in [0.2, 0.25) is 0 Å². The van der Waals surface area contributed by atoms with Gasteiger partial charge in [0.2, 0.25) is 0 Å². The Morgan fingerprint density at radius 1 is 0.778 bits per heavy atom. The van der Waals surface area contributed by atoms with Gasteiger partial charge in [0.25, 0.3) is 5.91 Å². The van der Waals surface area contributed by atoms with Crippen molar-refractivity contribution in [3.05, 3.63) is 0 Å². The lowest BCUT2D eigenvalue weighted by Gasteiger charge is -2.44. The number of nitrogens with one attached hydrogen (secondary N) is 1. The fraction of sp³-hybridized carbons (Fsp3) is 0.875. The Hall–Kier alpha value is -1.91. The Morgan fingerprint density at radius 3 is 1.73 bits per heavy atom. The number of carbonyl (C=O) groups excluding carboxylic acids is 3. The van der Waals surface area contributed by atoms with E-state index in [1.807, 2.05) is 0 Å². The van der Waals surface area contributed by atoms with Gasteiger partial charge in [-0.1, -0.05) is 129 Å². The van der Waals surface area contributed by atoms with E-state index in [1.54, 1.807) is 6.92 Å². The summed E-state index contributed by atoms with van der Waals surface area (Å²) < 4.78 is 44.4. The molecule has 1 saturated heterocycles. The van der Waals surface area contributed by atoms with Gasteiger partial charge in [-0.05, 0) is 19.8 Å². The number of aliphatic imine (C=N–C) groups is 1. The molecule has 258 valence electrons. The van der Waals surface area contributed by atoms with E-state index in [4.69, 9.17) is 4.74 Å². The van der Waals surface area contributed by atoms with Crippen molar-refractivity contribution < 1.29 is 32.5 Å². The molecule has 2 heterocycles. The summed E-state index contributed by atoms with van der Waals surface area (Å²) in [5, 5.41) is 2.58. The highest BCUT2D eigenvalue weighted by atomic mass is 32.2. The molecule has 0 radical (unpaired) electrons. The first-order chi connectivity index (χ1) is 21.7. The van der Waals surface area contributed by atoms with Gasteiger partial charge in [0, 0.05) is 18.8 Å². The van der Waals surface area contributed by atoms with Crippen LogP contribution in [0.15, 0.2) is 4.99 Å². The van der Waals surface area contributed by atoms with E-state index >= 15 is 0 Å². The summed E-state index contributed by atoms with van der Waals surface area (Å²) in [6, 6.07) is -2.14. The molecule has 45 heavy (non-hydrogen) atoms. The van der Waals surface area contributed by atoms with Crippen LogP contribution < -0.4 is 5.32 Å². The van der Waals surface area contributed by atoms with E-state index in [2.05, 4.69) is 24.2 Å². The third-order valence-electron chi connectivity index (χ3n) is 8.54. The standard InChI is InChI=1S/C32H57N4O7PS/c1-4-6-8-10-12-14-15-17-19-21-23-25-45(42)36-31(39)35(44(40)41)29(37)28-32(36,34-30(38)33-28)26-27(3)43-24-22-20-18-16-13-11-9-7-5-2/h27H,4-26H2,1-3H3,(H,34,38). The molecule has 0 aliphatic carbocycles. The maximum atomic E-state index is 13.7. The van der Waals surface area contributed by atoms with E-state index in [9.17, 15) is 27.7 Å². The smallest absolute Gasteiger partial charge is 0.378 e. The number of hydrogen-bond donors (Lipinski definition) is 1. The molecule has 11 nitrogen and oxygen atoms in total. The SMILES string of the molecule is CCCCCCCCCCCCCS(=O)N1C(=O)N(P(=O)=O)C(=O)C2=NC(=O)NC21CC(C)OCCCCCCCCCCC. The highest BCUT2D eigenvalue weighted by molar-refractivity contribution is 7.83. The minimum Gasteiger partial charge on any atom is -0.378 e. The topological polar surface area (TPSA) is 143 Å². The normalized spacial score (nSPS) is 19.4. The lowest BCUT2D eigenvalue weighted by molar-refractivity contribution is -0.120. The lowest BCUT2D eigenvalue weighted by atomic mass is 9.95. The fourth-order valence-electron chi connectivity index (χ4n) is 6.05. The van der Waals surface area contributed by atoms with Crippen LogP contribution in [0.3, 0.4) is 0 Å². The van der Waals surface area contributed by atoms with Crippen molar-refractivity contribution in [1.82, 2.24) is 14.3 Å². The van der Waals surface area contributed by atoms with Crippen molar-refractivity contribution in [3.8, 4) is 0 Å². The minimum atomic E-state index is -3.67. The summed E-state index contributed by atoms with van der Waals surface area (Å²) in [7, 11) is -5.70. The molecule has 3 atom stereocenters. The van der Waals surface area contributed by atoms with Gasteiger partial charge in [-0.25, -0.2) is 27.2 Å². The van der Waals surface area contributed by atoms with Gasteiger partial charge in [0.15, 0.2) is 11.4 Å². The summed E-state index contributed by atoms with van der Waals surface area (Å²) in [5.41, 5.74) is -2.29. The summed E-state index contributed by atoms with van der Waals surface area (Å²) >= 11 is 0. The molecule has 0 bridgehead atoms. The third kappa shape index (κ3) is 12.7. The van der Waals surface area contributed by atoms with E-state index < -0.39 is 54.3 Å². The molecule has 13 heteroatoms. The first-order valence-electron chi connectivity index (χ1n) is 17.4. The van der Waals surface area contributed by atoms with Crippen LogP contribution in [-0.2, 0) is 29.6 Å². The van der Waals surface area contributed by atoms with Crippen molar-refractivity contribution in [2.75, 3.05) is 12.4 Å². The number of fused-ring (bicyclic) bond motifs is 1. The molecule has 2 aliphatic heterocycles. The maximum Gasteiger partial charge on any atom is 0.438 e. The zero-order valence-corrected chi connectivity index (χ0v) is 29.6. The predicted octanol–water partition coefficient (Wildman–Crippen LogP) is 8.50. The maximum absolute atomic E-state index is 13.7. The monoisotopic (exact) mass is 672 g/mol. The van der Waals surface area contributed by atoms with Crippen LogP contribution in [-0.4, -0.2) is 61.0 Å². The van der Waals surface area contributed by atoms with Gasteiger partial charge in [-0.3, -0.25) is 4.79 Å². The molecule has 0 aromatic heterocycles. The van der Waals surface area contributed by atoms with Gasteiger partial charge in [0.05, 0.1) is 6.10 Å². The van der Waals surface area contributed by atoms with E-state index in [0.717, 1.165) is 49.3 Å². The van der Waals surface area contributed by atoms with Crippen LogP contribution >= 0.6 is 7.83 Å². The fourth-order valence-corrected chi connectivity index (χ4v) is 8.03. The van der Waals surface area contributed by atoms with Crippen LogP contribution in [0.5, 0.6) is 0 Å². The second kappa shape index (κ2) is 21.8. The molecular formula is C32H57N4O7PS. The second-order valence-electron chi connectivity index (χ2n) is 12.5. The summed E-state index contributed by atoms with van der Waals surface area (Å²) in [6.45, 7) is 6.63. The quantitative estimate of drug-likeness (QED) is 0.0681. The zero-order chi connectivity index (χ0) is 33.1. The Labute approximate surface area is 273 Å². The molecule has 1 N–H and O–H groups in total. The van der Waals surface area contributed by atoms with Crippen molar-refractivity contribution in [2.45, 2.75) is 167 Å². The Balaban J connectivity index is 1.95. The highest BCUT2D eigenvalue weighted by Gasteiger charge is 2.62. The molecular weight excluding hydrogens is 615 g/mol. The Kier molecular flexibility index (Phi) is 19.0. The number of amides is 5. The van der Waals surface area contributed by atoms with Crippen molar-refractivity contribution in [1.29, 1.82) is 0 Å². The average molecular weight is 673 g/mol. The van der Waals surface area contributed by atoms with E-state index in [0.29, 0.717) is 13.0 Å². The number of imide groups is 1. The highest BCUT2D eigenvalue weighted by Crippen LogP contribution is 2.37. The number of carbonyl (C=O) groups is 3. The third-order valence-corrected chi connectivity index (χ3v) is 10.7. The van der Waals surface area contributed by atoms with Gasteiger partial charge in [0.1, 0.15) is 11.0 Å². The van der Waals surface area contributed by atoms with Gasteiger partial charge >= 0.3 is 19.9 Å².